The Morgan fingerprint density at radius 3 is 2.67 bits per heavy atom. The second-order valence-corrected chi connectivity index (χ2v) is 4.61. The molecule has 1 aliphatic heterocycles. The fourth-order valence-corrected chi connectivity index (χ4v) is 2.03. The summed E-state index contributed by atoms with van der Waals surface area (Å²) in [7, 11) is 2.01. The Bertz CT molecular complexity index is 185. The molecule has 1 heterocycles. The van der Waals surface area contributed by atoms with Crippen molar-refractivity contribution in [1.29, 1.82) is 0 Å². The first-order valence-electron chi connectivity index (χ1n) is 5.83. The second kappa shape index (κ2) is 5.75. The van der Waals surface area contributed by atoms with E-state index in [4.69, 9.17) is 0 Å². The molecule has 1 saturated heterocycles. The topological polar surface area (TPSA) is 15.3 Å². The van der Waals surface area contributed by atoms with Gasteiger partial charge in [0.05, 0.1) is 6.54 Å². The van der Waals surface area contributed by atoms with Gasteiger partial charge in [0.15, 0.2) is 0 Å². The molecule has 2 nitrogen and oxygen atoms in total. The highest BCUT2D eigenvalue weighted by molar-refractivity contribution is 4.88. The van der Waals surface area contributed by atoms with Crippen LogP contribution in [0.15, 0.2) is 0 Å². The summed E-state index contributed by atoms with van der Waals surface area (Å²) in [6.45, 7) is 3.76. The van der Waals surface area contributed by atoms with Crippen LogP contribution in [0.5, 0.6) is 0 Å². The van der Waals surface area contributed by atoms with Crippen molar-refractivity contribution >= 4 is 0 Å². The number of hydrogen-bond acceptors (Lipinski definition) is 2. The molecular formula is C11H22F2N2. The zero-order valence-corrected chi connectivity index (χ0v) is 9.73. The highest BCUT2D eigenvalue weighted by Gasteiger charge is 2.39. The summed E-state index contributed by atoms with van der Waals surface area (Å²) in [4.78, 5) is 2.15. The van der Waals surface area contributed by atoms with E-state index in [9.17, 15) is 8.78 Å². The Balaban J connectivity index is 2.13. The van der Waals surface area contributed by atoms with Crippen molar-refractivity contribution in [3.63, 3.8) is 0 Å². The number of rotatable bonds is 6. The summed E-state index contributed by atoms with van der Waals surface area (Å²) in [5.41, 5.74) is 0. The van der Waals surface area contributed by atoms with Gasteiger partial charge in [0.2, 0.25) is 0 Å². The molecule has 0 spiro atoms. The van der Waals surface area contributed by atoms with Gasteiger partial charge in [0.25, 0.3) is 5.92 Å². The van der Waals surface area contributed by atoms with Crippen LogP contribution < -0.4 is 5.32 Å². The van der Waals surface area contributed by atoms with Crippen molar-refractivity contribution in [1.82, 2.24) is 10.2 Å². The van der Waals surface area contributed by atoms with Gasteiger partial charge >= 0.3 is 0 Å². The number of nitrogens with zero attached hydrogens (tertiary/aromatic N) is 1. The minimum Gasteiger partial charge on any atom is -0.307 e. The van der Waals surface area contributed by atoms with Crippen LogP contribution in [0.25, 0.3) is 0 Å². The van der Waals surface area contributed by atoms with E-state index < -0.39 is 5.92 Å². The van der Waals surface area contributed by atoms with E-state index in [0.29, 0.717) is 0 Å². The molecule has 1 aliphatic rings. The molecule has 90 valence electrons. The zero-order valence-electron chi connectivity index (χ0n) is 9.73. The van der Waals surface area contributed by atoms with Gasteiger partial charge in [-0.3, -0.25) is 0 Å². The van der Waals surface area contributed by atoms with Crippen LogP contribution in [0.4, 0.5) is 8.78 Å². The monoisotopic (exact) mass is 220 g/mol. The zero-order chi connectivity index (χ0) is 11.3. The van der Waals surface area contributed by atoms with Crippen LogP contribution in [0.1, 0.15) is 32.6 Å². The van der Waals surface area contributed by atoms with Gasteiger partial charge in [-0.1, -0.05) is 19.8 Å². The minimum atomic E-state index is -2.49. The van der Waals surface area contributed by atoms with E-state index in [1.807, 2.05) is 7.05 Å². The quantitative estimate of drug-likeness (QED) is 0.690. The van der Waals surface area contributed by atoms with Crippen LogP contribution >= 0.6 is 0 Å². The van der Waals surface area contributed by atoms with Gasteiger partial charge in [-0.15, -0.1) is 0 Å². The fraction of sp³-hybridized carbons (Fsp3) is 1.00. The minimum absolute atomic E-state index is 0.00881. The molecule has 0 saturated carbocycles. The third-order valence-corrected chi connectivity index (χ3v) is 2.87. The van der Waals surface area contributed by atoms with E-state index in [1.165, 1.54) is 12.8 Å². The van der Waals surface area contributed by atoms with Crippen molar-refractivity contribution in [3.05, 3.63) is 0 Å². The lowest BCUT2D eigenvalue weighted by Crippen LogP contribution is -2.35. The van der Waals surface area contributed by atoms with Crippen molar-refractivity contribution in [3.8, 4) is 0 Å². The highest BCUT2D eigenvalue weighted by Crippen LogP contribution is 2.25. The molecule has 0 aromatic carbocycles. The highest BCUT2D eigenvalue weighted by atomic mass is 19.3. The summed E-state index contributed by atoms with van der Waals surface area (Å²) in [6, 6.07) is -0.0355. The summed E-state index contributed by atoms with van der Waals surface area (Å²) < 4.78 is 25.7. The summed E-state index contributed by atoms with van der Waals surface area (Å²) in [6.07, 6.45) is 3.58. The average molecular weight is 220 g/mol. The van der Waals surface area contributed by atoms with Crippen LogP contribution in [0.3, 0.4) is 0 Å². The maximum absolute atomic E-state index is 12.9. The van der Waals surface area contributed by atoms with Gasteiger partial charge < -0.3 is 10.2 Å². The number of alkyl halides is 2. The molecule has 1 N–H and O–H groups in total. The maximum atomic E-state index is 12.9. The predicted octanol–water partition coefficient (Wildman–Crippen LogP) is 2.11. The van der Waals surface area contributed by atoms with Gasteiger partial charge in [0, 0.05) is 19.0 Å². The van der Waals surface area contributed by atoms with E-state index in [-0.39, 0.29) is 19.0 Å². The largest absolute Gasteiger partial charge is 0.307 e. The van der Waals surface area contributed by atoms with E-state index in [2.05, 4.69) is 17.1 Å². The fourth-order valence-electron chi connectivity index (χ4n) is 2.03. The van der Waals surface area contributed by atoms with Crippen LogP contribution in [-0.2, 0) is 0 Å². The van der Waals surface area contributed by atoms with Gasteiger partial charge in [-0.25, -0.2) is 8.78 Å². The van der Waals surface area contributed by atoms with Gasteiger partial charge in [0.1, 0.15) is 0 Å². The van der Waals surface area contributed by atoms with E-state index in [0.717, 1.165) is 19.5 Å². The molecule has 1 unspecified atom stereocenters. The average Bonchev–Trinajstić information content (AvgIpc) is 2.46. The molecule has 15 heavy (non-hydrogen) atoms. The Hall–Kier alpha value is -0.220. The third-order valence-electron chi connectivity index (χ3n) is 2.87. The predicted molar refractivity (Wildman–Crippen MR) is 58.4 cm³/mol. The molecule has 4 heteroatoms. The van der Waals surface area contributed by atoms with Crippen molar-refractivity contribution in [2.75, 3.05) is 26.7 Å². The molecular weight excluding hydrogens is 198 g/mol. The molecule has 1 atom stereocenters. The molecule has 0 amide bonds. The molecule has 0 aromatic heterocycles. The number of likely N-dealkylation sites (N-methyl/N-ethyl adjacent to an activating group) is 1. The Kier molecular flexibility index (Phi) is 4.93. The van der Waals surface area contributed by atoms with E-state index >= 15 is 0 Å². The van der Waals surface area contributed by atoms with Crippen LogP contribution in [0.2, 0.25) is 0 Å². The third kappa shape index (κ3) is 4.89. The summed E-state index contributed by atoms with van der Waals surface area (Å²) in [5.74, 6) is -2.49. The number of nitrogens with one attached hydrogen (secondary N) is 1. The first kappa shape index (κ1) is 12.8. The molecule has 0 bridgehead atoms. The SMILES string of the molecule is CCCCCN(C)CC1CC(F)(F)CN1. The Labute approximate surface area is 91.0 Å². The smallest absolute Gasteiger partial charge is 0.261 e. The lowest BCUT2D eigenvalue weighted by molar-refractivity contribution is 0.0202. The second-order valence-electron chi connectivity index (χ2n) is 4.61. The molecule has 0 aliphatic carbocycles. The van der Waals surface area contributed by atoms with Gasteiger partial charge in [-0.2, -0.15) is 0 Å². The lowest BCUT2D eigenvalue weighted by atomic mass is 10.2. The van der Waals surface area contributed by atoms with Crippen molar-refractivity contribution in [2.24, 2.45) is 0 Å². The number of halogens is 2. The molecule has 0 aromatic rings. The van der Waals surface area contributed by atoms with Crippen LogP contribution in [-0.4, -0.2) is 43.5 Å². The van der Waals surface area contributed by atoms with Gasteiger partial charge in [-0.05, 0) is 20.0 Å². The first-order valence-corrected chi connectivity index (χ1v) is 5.83. The van der Waals surface area contributed by atoms with Crippen molar-refractivity contribution in [2.45, 2.75) is 44.6 Å². The van der Waals surface area contributed by atoms with Crippen molar-refractivity contribution < 1.29 is 8.78 Å². The summed E-state index contributed by atoms with van der Waals surface area (Å²) >= 11 is 0. The standard InChI is InChI=1S/C11H22F2N2/c1-3-4-5-6-15(2)8-10-7-11(12,13)9-14-10/h10,14H,3-9H2,1-2H3. The number of hydrogen-bond donors (Lipinski definition) is 1. The van der Waals surface area contributed by atoms with Crippen LogP contribution in [0, 0.1) is 0 Å². The first-order chi connectivity index (χ1) is 7.03. The van der Waals surface area contributed by atoms with E-state index in [1.54, 1.807) is 0 Å². The number of unbranched alkanes of at least 4 members (excludes halogenated alkanes) is 2. The Morgan fingerprint density at radius 2 is 2.13 bits per heavy atom. The summed E-state index contributed by atoms with van der Waals surface area (Å²) in [5, 5.41) is 2.88. The molecule has 1 rings (SSSR count). The lowest BCUT2D eigenvalue weighted by Gasteiger charge is -2.20. The Morgan fingerprint density at radius 1 is 1.40 bits per heavy atom. The maximum Gasteiger partial charge on any atom is 0.261 e. The molecule has 0 radical (unpaired) electrons. The molecule has 1 fully saturated rings. The normalized spacial score (nSPS) is 25.0.